The van der Waals surface area contributed by atoms with E-state index in [0.29, 0.717) is 11.1 Å². The van der Waals surface area contributed by atoms with E-state index in [1.807, 2.05) is 109 Å². The van der Waals surface area contributed by atoms with Gasteiger partial charge in [-0.2, -0.15) is 18.4 Å². The van der Waals surface area contributed by atoms with Gasteiger partial charge in [0.1, 0.15) is 30.0 Å². The summed E-state index contributed by atoms with van der Waals surface area (Å²) in [5.74, 6) is -1.69. The number of ether oxygens (including phenoxy) is 2. The van der Waals surface area contributed by atoms with Crippen molar-refractivity contribution < 1.29 is 46.9 Å². The quantitative estimate of drug-likeness (QED) is 0.0905. The van der Waals surface area contributed by atoms with E-state index in [4.69, 9.17) is 9.47 Å². The lowest BCUT2D eigenvalue weighted by molar-refractivity contribution is -0.236. The smallest absolute Gasteiger partial charge is 0.417 e. The van der Waals surface area contributed by atoms with Crippen molar-refractivity contribution >= 4 is 40.7 Å². The lowest BCUT2D eigenvalue weighted by atomic mass is 9.51. The Labute approximate surface area is 451 Å². The largest absolute Gasteiger partial charge is 0.489 e. The lowest BCUT2D eigenvalue weighted by Gasteiger charge is -2.61. The molecule has 2 N–H and O–H groups in total. The second-order valence-corrected chi connectivity index (χ2v) is 23.3. The van der Waals surface area contributed by atoms with Crippen LogP contribution in [-0.2, 0) is 40.0 Å². The molecule has 3 atom stereocenters. The number of aliphatic hydroxyl groups excluding tert-OH is 1. The van der Waals surface area contributed by atoms with Crippen LogP contribution in [0, 0.1) is 35.0 Å². The molecule has 77 heavy (non-hydrogen) atoms. The number of piperazine rings is 1. The summed E-state index contributed by atoms with van der Waals surface area (Å²) in [6.07, 6.45) is -4.92. The Morgan fingerprint density at radius 3 is 2.25 bits per heavy atom. The van der Waals surface area contributed by atoms with E-state index < -0.39 is 64.5 Å². The van der Waals surface area contributed by atoms with Gasteiger partial charge in [0.2, 0.25) is 11.8 Å². The van der Waals surface area contributed by atoms with Gasteiger partial charge in [-0.25, -0.2) is 9.78 Å². The maximum atomic E-state index is 14.5. The SMILES string of the molecule is Cc1ncsc1-c1ccc(CNC(=O)[C@@H]2C[C@@H](O)CN2C(=O)[C@H](C(C)C)N2Cc3ccc(N4CCN(CCCc5ccc(C(=O)OC6C(C)(C)C(Oc7ccc(C#N)c(C(F)(F)F)c7)C6(C)C)cc5)CC4)cc3C2=O)cc1. The number of aryl methyl sites for hydroxylation is 2. The maximum Gasteiger partial charge on any atom is 0.417 e. The predicted octanol–water partition coefficient (Wildman–Crippen LogP) is 9.06. The van der Waals surface area contributed by atoms with Crippen LogP contribution in [0.1, 0.15) is 109 Å². The van der Waals surface area contributed by atoms with Crippen LogP contribution in [0.3, 0.4) is 0 Å². The number of amides is 3. The number of aliphatic hydroxyl groups is 1. The number of carbonyl (C=O) groups is 4. The summed E-state index contributed by atoms with van der Waals surface area (Å²) in [6.45, 7) is 17.8. The molecule has 0 bridgehead atoms. The van der Waals surface area contributed by atoms with E-state index in [0.717, 1.165) is 96.2 Å². The normalized spacial score (nSPS) is 21.3. The monoisotopic (exact) mass is 1070 g/mol. The van der Waals surface area contributed by atoms with Crippen molar-refractivity contribution in [3.8, 4) is 22.3 Å². The lowest BCUT2D eigenvalue weighted by Crippen LogP contribution is -2.70. The first-order valence-corrected chi connectivity index (χ1v) is 27.2. The van der Waals surface area contributed by atoms with Crippen LogP contribution in [0.5, 0.6) is 5.75 Å². The molecule has 4 aromatic carbocycles. The third kappa shape index (κ3) is 11.3. The number of aromatic nitrogens is 1. The average Bonchev–Trinajstić information content (AvgIpc) is 4.19. The molecule has 5 aromatic rings. The Bertz CT molecular complexity index is 3040. The van der Waals surface area contributed by atoms with E-state index in [-0.39, 0.29) is 55.4 Å². The number of likely N-dealkylation sites (tertiary alicyclic amines) is 1. The van der Waals surface area contributed by atoms with Crippen LogP contribution in [0.25, 0.3) is 10.4 Å². The van der Waals surface area contributed by atoms with Gasteiger partial charge >= 0.3 is 12.1 Å². The highest BCUT2D eigenvalue weighted by molar-refractivity contribution is 7.13. The highest BCUT2D eigenvalue weighted by Gasteiger charge is 2.66. The first-order chi connectivity index (χ1) is 36.5. The number of halogens is 3. The average molecular weight is 1070 g/mol. The van der Waals surface area contributed by atoms with E-state index in [1.165, 1.54) is 11.0 Å². The fourth-order valence-electron chi connectivity index (χ4n) is 12.1. The van der Waals surface area contributed by atoms with Crippen LogP contribution < -0.4 is 15.0 Å². The first-order valence-electron chi connectivity index (χ1n) is 26.3. The number of alkyl halides is 3. The topological polar surface area (TPSA) is 169 Å². The molecule has 406 valence electrons. The summed E-state index contributed by atoms with van der Waals surface area (Å²) in [4.78, 5) is 69.0. The van der Waals surface area contributed by atoms with Crippen LogP contribution in [0.2, 0.25) is 0 Å². The zero-order valence-corrected chi connectivity index (χ0v) is 45.3. The van der Waals surface area contributed by atoms with Gasteiger partial charge in [-0.1, -0.05) is 84.0 Å². The molecule has 0 unspecified atom stereocenters. The van der Waals surface area contributed by atoms with Crippen molar-refractivity contribution in [1.82, 2.24) is 25.0 Å². The zero-order chi connectivity index (χ0) is 55.1. The van der Waals surface area contributed by atoms with Crippen molar-refractivity contribution in [2.45, 2.75) is 117 Å². The molecule has 1 aliphatic carbocycles. The number of rotatable bonds is 16. The van der Waals surface area contributed by atoms with Crippen LogP contribution in [-0.4, -0.2) is 118 Å². The molecule has 4 heterocycles. The number of anilines is 1. The highest BCUT2D eigenvalue weighted by Crippen LogP contribution is 2.57. The standard InChI is InChI=1S/C59H66F3N7O7S/c1-35(2)49(53(73)68-33-44(70)28-48(68)51(71)64-31-38-12-14-39(15-13-38)50-36(3)65-34-77-50)69-32-42-18-20-43(27-46(42)52(69)72)67-25-23-66(24-26-67)22-8-9-37-10-16-40(17-11-37)54(74)76-56-57(4,5)55(58(56,6)7)75-45-21-19-41(30-63)47(29-45)59(60,61)62/h10-21,27,29,34-35,44,48-49,55-56,70H,8-9,22-26,28,31-33H2,1-7H3,(H,64,71)/t44-,48+,49+,55?,56?/m1/s1. The third-order valence-corrected chi connectivity index (χ3v) is 16.9. The summed E-state index contributed by atoms with van der Waals surface area (Å²) in [5.41, 5.74) is 5.55. The molecular formula is C59H66F3N7O7S. The molecular weight excluding hydrogens is 1010 g/mol. The summed E-state index contributed by atoms with van der Waals surface area (Å²) >= 11 is 1.57. The minimum atomic E-state index is -4.72. The maximum absolute atomic E-state index is 14.5. The number of thiazole rings is 1. The number of esters is 1. The summed E-state index contributed by atoms with van der Waals surface area (Å²) in [6, 6.07) is 24.4. The summed E-state index contributed by atoms with van der Waals surface area (Å²) < 4.78 is 53.1. The fourth-order valence-corrected chi connectivity index (χ4v) is 12.9. The second kappa shape index (κ2) is 21.9. The second-order valence-electron chi connectivity index (χ2n) is 22.4. The van der Waals surface area contributed by atoms with Gasteiger partial charge in [-0.05, 0) is 96.9 Å². The van der Waals surface area contributed by atoms with Crippen LogP contribution in [0.15, 0.2) is 90.4 Å². The Kier molecular flexibility index (Phi) is 15.6. The van der Waals surface area contributed by atoms with E-state index in [1.54, 1.807) is 34.4 Å². The van der Waals surface area contributed by atoms with Crippen molar-refractivity contribution in [3.63, 3.8) is 0 Å². The zero-order valence-electron chi connectivity index (χ0n) is 44.5. The Morgan fingerprint density at radius 1 is 0.922 bits per heavy atom. The van der Waals surface area contributed by atoms with Gasteiger partial charge < -0.3 is 34.6 Å². The molecule has 1 saturated carbocycles. The third-order valence-electron chi connectivity index (χ3n) is 15.9. The minimum Gasteiger partial charge on any atom is -0.489 e. The molecule has 3 aliphatic heterocycles. The Balaban J connectivity index is 0.730. The summed E-state index contributed by atoms with van der Waals surface area (Å²) in [7, 11) is 0. The van der Waals surface area contributed by atoms with Crippen molar-refractivity contribution in [3.05, 3.63) is 135 Å². The molecule has 3 fully saturated rings. The number of carbonyl (C=O) groups excluding carboxylic acids is 4. The number of nitriles is 1. The predicted molar refractivity (Wildman–Crippen MR) is 286 cm³/mol. The van der Waals surface area contributed by atoms with Gasteiger partial charge in [0, 0.05) is 74.3 Å². The van der Waals surface area contributed by atoms with Crippen LogP contribution >= 0.6 is 11.3 Å². The fraction of sp³-hybridized carbons (Fsp3) is 0.458. The number of hydrogen-bond donors (Lipinski definition) is 2. The first kappa shape index (κ1) is 55.0. The molecule has 1 aromatic heterocycles. The number of hydrogen-bond acceptors (Lipinski definition) is 12. The molecule has 2 saturated heterocycles. The van der Waals surface area contributed by atoms with Crippen molar-refractivity contribution in [1.29, 1.82) is 5.26 Å². The molecule has 0 radical (unpaired) electrons. The Hall–Kier alpha value is -6.81. The van der Waals surface area contributed by atoms with E-state index >= 15 is 0 Å². The number of nitrogens with zero attached hydrogens (tertiary/aromatic N) is 6. The molecule has 0 spiro atoms. The Morgan fingerprint density at radius 2 is 1.61 bits per heavy atom. The van der Waals surface area contributed by atoms with Crippen molar-refractivity contribution in [2.75, 3.05) is 44.2 Å². The molecule has 3 amide bonds. The van der Waals surface area contributed by atoms with E-state index in [9.17, 15) is 42.7 Å². The summed E-state index contributed by atoms with van der Waals surface area (Å²) in [5, 5.41) is 22.9. The number of fused-ring (bicyclic) bond motifs is 1. The minimum absolute atomic E-state index is 0.00827. The number of benzene rings is 4. The molecule has 9 rings (SSSR count). The molecule has 4 aliphatic rings. The van der Waals surface area contributed by atoms with Gasteiger partial charge in [0.15, 0.2) is 0 Å². The van der Waals surface area contributed by atoms with Gasteiger partial charge in [-0.3, -0.25) is 19.3 Å². The van der Waals surface area contributed by atoms with Crippen molar-refractivity contribution in [2.24, 2.45) is 16.7 Å². The molecule has 14 nitrogen and oxygen atoms in total. The number of β-amino-alcohol motifs (C(OH)–C–C–N with tert-alkyl or cyclic N) is 1. The highest BCUT2D eigenvalue weighted by atomic mass is 32.1. The van der Waals surface area contributed by atoms with E-state index in [2.05, 4.69) is 20.1 Å². The van der Waals surface area contributed by atoms with Gasteiger partial charge in [-0.15, -0.1) is 11.3 Å². The van der Waals surface area contributed by atoms with Gasteiger partial charge in [0.05, 0.1) is 44.9 Å². The number of nitrogens with one attached hydrogen (secondary N) is 1. The van der Waals surface area contributed by atoms with Crippen LogP contribution in [0.4, 0.5) is 18.9 Å². The molecule has 18 heteroatoms. The van der Waals surface area contributed by atoms with Gasteiger partial charge in [0.25, 0.3) is 5.91 Å².